The number of nitrogens with one attached hydrogen (secondary N) is 3. The van der Waals surface area contributed by atoms with Gasteiger partial charge in [0.05, 0.1) is 6.42 Å². The van der Waals surface area contributed by atoms with Gasteiger partial charge in [0.25, 0.3) is 11.5 Å². The lowest BCUT2D eigenvalue weighted by Crippen LogP contribution is -2.46. The summed E-state index contributed by atoms with van der Waals surface area (Å²) in [4.78, 5) is 49.1. The highest BCUT2D eigenvalue weighted by atomic mass is 16.4. The Hall–Kier alpha value is -2.38. The van der Waals surface area contributed by atoms with Gasteiger partial charge in [-0.3, -0.25) is 19.4 Å². The summed E-state index contributed by atoms with van der Waals surface area (Å²) in [7, 11) is 0. The van der Waals surface area contributed by atoms with E-state index < -0.39 is 34.6 Å². The average molecular weight is 283 g/mol. The number of hydrogen-bond donors (Lipinski definition) is 4. The number of amides is 1. The van der Waals surface area contributed by atoms with Crippen molar-refractivity contribution in [3.63, 3.8) is 0 Å². The predicted molar refractivity (Wildman–Crippen MR) is 70.6 cm³/mol. The van der Waals surface area contributed by atoms with E-state index in [0.717, 1.165) is 6.07 Å². The van der Waals surface area contributed by atoms with Gasteiger partial charge in [0.2, 0.25) is 0 Å². The standard InChI is InChI=1S/C12H17N3O5/c1-12(2,3)7(5-9(17)18)14-10(19)6-4-8(16)15-11(20)13-6/h4,7H,5H2,1-3H3,(H,14,19)(H,17,18)(H2,13,15,16,20). The maximum Gasteiger partial charge on any atom is 0.326 e. The first-order chi connectivity index (χ1) is 9.09. The Labute approximate surface area is 114 Å². The summed E-state index contributed by atoms with van der Waals surface area (Å²) in [6.07, 6.45) is -0.261. The third-order valence-corrected chi connectivity index (χ3v) is 2.73. The van der Waals surface area contributed by atoms with Crippen LogP contribution in [0.2, 0.25) is 0 Å². The van der Waals surface area contributed by atoms with Crippen LogP contribution in [0.5, 0.6) is 0 Å². The molecular formula is C12H17N3O5. The van der Waals surface area contributed by atoms with E-state index in [-0.39, 0.29) is 12.1 Å². The molecule has 1 amide bonds. The van der Waals surface area contributed by atoms with Crippen molar-refractivity contribution >= 4 is 11.9 Å². The summed E-state index contributed by atoms with van der Waals surface area (Å²) >= 11 is 0. The second-order valence-corrected chi connectivity index (χ2v) is 5.49. The molecule has 1 unspecified atom stereocenters. The van der Waals surface area contributed by atoms with Gasteiger partial charge in [-0.25, -0.2) is 4.79 Å². The zero-order valence-corrected chi connectivity index (χ0v) is 11.4. The molecule has 1 atom stereocenters. The van der Waals surface area contributed by atoms with Crippen molar-refractivity contribution in [1.82, 2.24) is 15.3 Å². The van der Waals surface area contributed by atoms with Crippen molar-refractivity contribution in [3.8, 4) is 0 Å². The third kappa shape index (κ3) is 4.38. The Bertz CT molecular complexity index is 595. The Kier molecular flexibility index (Phi) is 4.49. The van der Waals surface area contributed by atoms with E-state index in [2.05, 4.69) is 10.3 Å². The van der Waals surface area contributed by atoms with Crippen LogP contribution in [-0.2, 0) is 4.79 Å². The van der Waals surface area contributed by atoms with Gasteiger partial charge in [-0.05, 0) is 5.41 Å². The molecule has 1 aromatic heterocycles. The van der Waals surface area contributed by atoms with Gasteiger partial charge in [-0.2, -0.15) is 0 Å². The second kappa shape index (κ2) is 5.72. The van der Waals surface area contributed by atoms with Gasteiger partial charge in [-0.1, -0.05) is 20.8 Å². The van der Waals surface area contributed by atoms with Crippen molar-refractivity contribution < 1.29 is 14.7 Å². The quantitative estimate of drug-likeness (QED) is 0.601. The van der Waals surface area contributed by atoms with Crippen LogP contribution in [-0.4, -0.2) is 33.0 Å². The molecule has 110 valence electrons. The molecule has 0 aliphatic heterocycles. The molecule has 0 aliphatic carbocycles. The number of carbonyl (C=O) groups is 2. The first kappa shape index (κ1) is 15.7. The zero-order chi connectivity index (χ0) is 15.5. The summed E-state index contributed by atoms with van der Waals surface area (Å²) in [6, 6.07) is 0.298. The van der Waals surface area contributed by atoms with Gasteiger partial charge in [0.1, 0.15) is 5.69 Å². The topological polar surface area (TPSA) is 132 Å². The van der Waals surface area contributed by atoms with E-state index in [1.807, 2.05) is 4.98 Å². The van der Waals surface area contributed by atoms with Crippen LogP contribution in [0.25, 0.3) is 0 Å². The van der Waals surface area contributed by atoms with E-state index in [9.17, 15) is 19.2 Å². The van der Waals surface area contributed by atoms with Gasteiger partial charge in [0, 0.05) is 12.1 Å². The molecule has 8 nitrogen and oxygen atoms in total. The van der Waals surface area contributed by atoms with Crippen molar-refractivity contribution in [2.24, 2.45) is 5.41 Å². The largest absolute Gasteiger partial charge is 0.481 e. The molecule has 0 fully saturated rings. The maximum atomic E-state index is 12.0. The molecule has 8 heteroatoms. The minimum atomic E-state index is -1.05. The highest BCUT2D eigenvalue weighted by Crippen LogP contribution is 2.22. The number of carboxylic acid groups (broad SMARTS) is 1. The van der Waals surface area contributed by atoms with E-state index >= 15 is 0 Å². The molecule has 0 aliphatic rings. The van der Waals surface area contributed by atoms with E-state index in [1.165, 1.54) is 0 Å². The number of carbonyl (C=O) groups excluding carboxylic acids is 1. The number of H-pyrrole nitrogens is 2. The minimum Gasteiger partial charge on any atom is -0.481 e. The van der Waals surface area contributed by atoms with Crippen LogP contribution in [0.15, 0.2) is 15.7 Å². The van der Waals surface area contributed by atoms with Crippen LogP contribution in [0.3, 0.4) is 0 Å². The number of carboxylic acids is 1. The maximum absolute atomic E-state index is 12.0. The molecule has 0 saturated carbocycles. The molecule has 20 heavy (non-hydrogen) atoms. The molecular weight excluding hydrogens is 266 g/mol. The fourth-order valence-corrected chi connectivity index (χ4v) is 1.58. The Morgan fingerprint density at radius 1 is 1.30 bits per heavy atom. The SMILES string of the molecule is CC(C)(C)C(CC(=O)O)NC(=O)c1cc(=O)[nH]c(=O)[nH]1. The smallest absolute Gasteiger partial charge is 0.326 e. The summed E-state index contributed by atoms with van der Waals surface area (Å²) in [5.41, 5.74) is -2.20. The molecule has 0 aromatic carbocycles. The van der Waals surface area contributed by atoms with Crippen LogP contribution in [0, 0.1) is 5.41 Å². The molecule has 0 bridgehead atoms. The molecule has 1 heterocycles. The first-order valence-electron chi connectivity index (χ1n) is 5.96. The monoisotopic (exact) mass is 283 g/mol. The minimum absolute atomic E-state index is 0.210. The Morgan fingerprint density at radius 3 is 2.35 bits per heavy atom. The normalized spacial score (nSPS) is 12.8. The van der Waals surface area contributed by atoms with Crippen molar-refractivity contribution in [3.05, 3.63) is 32.6 Å². The Balaban J connectivity index is 2.99. The fraction of sp³-hybridized carbons (Fsp3) is 0.500. The fourth-order valence-electron chi connectivity index (χ4n) is 1.58. The molecule has 1 rings (SSSR count). The highest BCUT2D eigenvalue weighted by Gasteiger charge is 2.29. The van der Waals surface area contributed by atoms with Crippen LogP contribution < -0.4 is 16.6 Å². The summed E-state index contributed by atoms with van der Waals surface area (Å²) < 4.78 is 0. The molecule has 4 N–H and O–H groups in total. The second-order valence-electron chi connectivity index (χ2n) is 5.49. The Morgan fingerprint density at radius 2 is 1.90 bits per heavy atom. The third-order valence-electron chi connectivity index (χ3n) is 2.73. The van der Waals surface area contributed by atoms with E-state index in [0.29, 0.717) is 0 Å². The molecule has 0 radical (unpaired) electrons. The van der Waals surface area contributed by atoms with E-state index in [1.54, 1.807) is 20.8 Å². The summed E-state index contributed by atoms with van der Waals surface area (Å²) in [5, 5.41) is 11.4. The average Bonchev–Trinajstić information content (AvgIpc) is 2.24. The van der Waals surface area contributed by atoms with Crippen LogP contribution in [0.4, 0.5) is 0 Å². The molecule has 0 saturated heterocycles. The van der Waals surface area contributed by atoms with Gasteiger partial charge >= 0.3 is 11.7 Å². The van der Waals surface area contributed by atoms with Gasteiger partial charge in [0.15, 0.2) is 0 Å². The lowest BCUT2D eigenvalue weighted by atomic mass is 9.84. The number of rotatable bonds is 4. The first-order valence-corrected chi connectivity index (χ1v) is 5.96. The number of aromatic nitrogens is 2. The summed E-state index contributed by atoms with van der Waals surface area (Å²) in [5.74, 6) is -1.75. The van der Waals surface area contributed by atoms with E-state index in [4.69, 9.17) is 5.11 Å². The number of aromatic amines is 2. The lowest BCUT2D eigenvalue weighted by Gasteiger charge is -2.30. The van der Waals surface area contributed by atoms with Crippen LogP contribution in [0.1, 0.15) is 37.7 Å². The molecule has 0 spiro atoms. The zero-order valence-electron chi connectivity index (χ0n) is 11.4. The summed E-state index contributed by atoms with van der Waals surface area (Å²) in [6.45, 7) is 5.34. The van der Waals surface area contributed by atoms with Crippen LogP contribution >= 0.6 is 0 Å². The van der Waals surface area contributed by atoms with Gasteiger partial charge in [-0.15, -0.1) is 0 Å². The van der Waals surface area contributed by atoms with Crippen molar-refractivity contribution in [2.75, 3.05) is 0 Å². The number of hydrogen-bond acceptors (Lipinski definition) is 4. The predicted octanol–water partition coefficient (Wildman–Crippen LogP) is -0.318. The van der Waals surface area contributed by atoms with Gasteiger partial charge < -0.3 is 15.4 Å². The highest BCUT2D eigenvalue weighted by molar-refractivity contribution is 5.92. The van der Waals surface area contributed by atoms with Crippen molar-refractivity contribution in [2.45, 2.75) is 33.2 Å². The molecule has 1 aromatic rings. The number of aliphatic carboxylic acids is 1. The lowest BCUT2D eigenvalue weighted by molar-refractivity contribution is -0.138. The van der Waals surface area contributed by atoms with Crippen molar-refractivity contribution in [1.29, 1.82) is 0 Å².